The molecule has 0 atom stereocenters. The van der Waals surface area contributed by atoms with Gasteiger partial charge in [0.2, 0.25) is 0 Å². The number of aromatic nitrogens is 1. The van der Waals surface area contributed by atoms with Crippen LogP contribution in [0.25, 0.3) is 0 Å². The number of thiazole rings is 1. The second-order valence-corrected chi connectivity index (χ2v) is 5.18. The number of halogens is 1. The molecule has 1 amide bonds. The summed E-state index contributed by atoms with van der Waals surface area (Å²) in [5.74, 6) is 4.30. The lowest BCUT2D eigenvalue weighted by molar-refractivity contribution is 0.0947. The van der Waals surface area contributed by atoms with E-state index in [0.29, 0.717) is 12.1 Å². The van der Waals surface area contributed by atoms with Crippen LogP contribution in [0.3, 0.4) is 0 Å². The van der Waals surface area contributed by atoms with E-state index in [-0.39, 0.29) is 12.1 Å². The molecule has 2 rings (SSSR count). The second-order valence-electron chi connectivity index (χ2n) is 4.24. The fraction of sp³-hybridized carbons (Fsp3) is 0.200. The summed E-state index contributed by atoms with van der Waals surface area (Å²) in [4.78, 5) is 17.0. The number of carbonyl (C=O) groups excluding carboxylic acids is 1. The zero-order valence-electron chi connectivity index (χ0n) is 11.4. The molecule has 0 unspecified atom stereocenters. The van der Waals surface area contributed by atoms with Gasteiger partial charge in [-0.1, -0.05) is 11.8 Å². The van der Waals surface area contributed by atoms with E-state index in [1.807, 2.05) is 6.92 Å². The molecule has 0 radical (unpaired) electrons. The van der Waals surface area contributed by atoms with Crippen LogP contribution in [0, 0.1) is 24.6 Å². The van der Waals surface area contributed by atoms with E-state index in [0.717, 1.165) is 10.6 Å². The van der Waals surface area contributed by atoms with Crippen molar-refractivity contribution >= 4 is 17.2 Å². The third kappa shape index (κ3) is 3.88. The van der Waals surface area contributed by atoms with Gasteiger partial charge in [-0.15, -0.1) is 11.3 Å². The maximum absolute atomic E-state index is 13.9. The standard InChI is InChI=1S/C15H14FN3OS/c1-10-14(21-9-19-10)8-18-15(20)12-5-4-11(3-2-6-17)7-13(12)16/h4-5,7,9H,6,8,17H2,1H3,(H,18,20). The highest BCUT2D eigenvalue weighted by Gasteiger charge is 2.12. The highest BCUT2D eigenvalue weighted by atomic mass is 32.1. The molecule has 6 heteroatoms. The Morgan fingerprint density at radius 2 is 2.33 bits per heavy atom. The SMILES string of the molecule is Cc1ncsc1CNC(=O)c1ccc(C#CCN)cc1F. The van der Waals surface area contributed by atoms with E-state index in [4.69, 9.17) is 5.73 Å². The summed E-state index contributed by atoms with van der Waals surface area (Å²) in [6.45, 7) is 2.41. The molecule has 0 aliphatic heterocycles. The zero-order chi connectivity index (χ0) is 15.2. The Bertz CT molecular complexity index is 715. The van der Waals surface area contributed by atoms with Crippen molar-refractivity contribution in [1.29, 1.82) is 0 Å². The number of hydrogen-bond acceptors (Lipinski definition) is 4. The number of nitrogens with zero attached hydrogens (tertiary/aromatic N) is 1. The molecule has 1 aromatic carbocycles. The molecule has 0 spiro atoms. The molecule has 1 aromatic heterocycles. The summed E-state index contributed by atoms with van der Waals surface area (Å²) in [6, 6.07) is 4.25. The van der Waals surface area contributed by atoms with Crippen molar-refractivity contribution in [1.82, 2.24) is 10.3 Å². The minimum atomic E-state index is -0.600. The fourth-order valence-corrected chi connectivity index (χ4v) is 2.40. The van der Waals surface area contributed by atoms with E-state index in [2.05, 4.69) is 22.1 Å². The van der Waals surface area contributed by atoms with Gasteiger partial charge in [-0.3, -0.25) is 4.79 Å². The van der Waals surface area contributed by atoms with E-state index in [1.54, 1.807) is 11.6 Å². The molecule has 2 aromatic rings. The molecular formula is C15H14FN3OS. The van der Waals surface area contributed by atoms with Gasteiger partial charge in [0, 0.05) is 10.4 Å². The smallest absolute Gasteiger partial charge is 0.254 e. The van der Waals surface area contributed by atoms with Gasteiger partial charge in [0.05, 0.1) is 29.9 Å². The first-order valence-corrected chi connectivity index (χ1v) is 7.15. The average molecular weight is 303 g/mol. The molecular weight excluding hydrogens is 289 g/mol. The first-order valence-electron chi connectivity index (χ1n) is 6.27. The number of hydrogen-bond donors (Lipinski definition) is 2. The molecule has 0 fully saturated rings. The molecule has 108 valence electrons. The number of rotatable bonds is 3. The van der Waals surface area contributed by atoms with Crippen molar-refractivity contribution in [2.75, 3.05) is 6.54 Å². The maximum Gasteiger partial charge on any atom is 0.254 e. The molecule has 4 nitrogen and oxygen atoms in total. The van der Waals surface area contributed by atoms with Crippen LogP contribution >= 0.6 is 11.3 Å². The van der Waals surface area contributed by atoms with Gasteiger partial charge in [-0.05, 0) is 25.1 Å². The van der Waals surface area contributed by atoms with Gasteiger partial charge >= 0.3 is 0 Å². The van der Waals surface area contributed by atoms with Crippen molar-refractivity contribution < 1.29 is 9.18 Å². The normalized spacial score (nSPS) is 9.86. The van der Waals surface area contributed by atoms with E-state index < -0.39 is 11.7 Å². The number of amides is 1. The highest BCUT2D eigenvalue weighted by molar-refractivity contribution is 7.09. The molecule has 0 saturated heterocycles. The largest absolute Gasteiger partial charge is 0.347 e. The number of carbonyl (C=O) groups is 1. The number of aryl methyl sites for hydroxylation is 1. The van der Waals surface area contributed by atoms with Crippen molar-refractivity contribution in [3.8, 4) is 11.8 Å². The molecule has 3 N–H and O–H groups in total. The molecule has 0 aliphatic carbocycles. The monoisotopic (exact) mass is 303 g/mol. The topological polar surface area (TPSA) is 68.0 Å². The van der Waals surface area contributed by atoms with Crippen LogP contribution in [-0.4, -0.2) is 17.4 Å². The summed E-state index contributed by atoms with van der Waals surface area (Å²) >= 11 is 1.45. The Morgan fingerprint density at radius 1 is 1.52 bits per heavy atom. The van der Waals surface area contributed by atoms with Crippen LogP contribution in [0.4, 0.5) is 4.39 Å². The predicted octanol–water partition coefficient (Wildman–Crippen LogP) is 1.83. The average Bonchev–Trinajstić information content (AvgIpc) is 2.88. The fourth-order valence-electron chi connectivity index (χ4n) is 1.68. The molecule has 1 heterocycles. The Labute approximate surface area is 126 Å². The van der Waals surface area contributed by atoms with Crippen molar-refractivity contribution in [3.05, 3.63) is 51.2 Å². The van der Waals surface area contributed by atoms with E-state index in [1.165, 1.54) is 23.5 Å². The second kappa shape index (κ2) is 6.97. The Balaban J connectivity index is 2.07. The number of benzene rings is 1. The van der Waals surface area contributed by atoms with Crippen LogP contribution in [0.2, 0.25) is 0 Å². The molecule has 0 saturated carbocycles. The summed E-state index contributed by atoms with van der Waals surface area (Å²) < 4.78 is 13.9. The van der Waals surface area contributed by atoms with Gasteiger partial charge in [-0.2, -0.15) is 0 Å². The van der Waals surface area contributed by atoms with Crippen LogP contribution in [0.5, 0.6) is 0 Å². The quantitative estimate of drug-likeness (QED) is 0.850. The van der Waals surface area contributed by atoms with Gasteiger partial charge < -0.3 is 11.1 Å². The van der Waals surface area contributed by atoms with Gasteiger partial charge in [-0.25, -0.2) is 9.37 Å². The first-order chi connectivity index (χ1) is 10.1. The van der Waals surface area contributed by atoms with Gasteiger partial charge in [0.1, 0.15) is 5.82 Å². The van der Waals surface area contributed by atoms with Crippen LogP contribution in [0.15, 0.2) is 23.7 Å². The minimum Gasteiger partial charge on any atom is -0.347 e. The Hall–Kier alpha value is -2.23. The van der Waals surface area contributed by atoms with Gasteiger partial charge in [0.25, 0.3) is 5.91 Å². The van der Waals surface area contributed by atoms with Crippen molar-refractivity contribution in [2.45, 2.75) is 13.5 Å². The third-order valence-corrected chi connectivity index (χ3v) is 3.74. The molecule has 21 heavy (non-hydrogen) atoms. The third-order valence-electron chi connectivity index (χ3n) is 2.80. The van der Waals surface area contributed by atoms with Gasteiger partial charge in [0.15, 0.2) is 0 Å². The summed E-state index contributed by atoms with van der Waals surface area (Å²) in [5, 5.41) is 2.68. The molecule has 0 aliphatic rings. The van der Waals surface area contributed by atoms with Crippen LogP contribution in [0.1, 0.15) is 26.5 Å². The van der Waals surface area contributed by atoms with Crippen molar-refractivity contribution in [3.63, 3.8) is 0 Å². The van der Waals surface area contributed by atoms with Crippen LogP contribution < -0.4 is 11.1 Å². The summed E-state index contributed by atoms with van der Waals surface area (Å²) in [7, 11) is 0. The lowest BCUT2D eigenvalue weighted by atomic mass is 10.1. The highest BCUT2D eigenvalue weighted by Crippen LogP contribution is 2.13. The first kappa shape index (κ1) is 15.2. The van der Waals surface area contributed by atoms with Crippen LogP contribution in [-0.2, 0) is 6.54 Å². The van der Waals surface area contributed by atoms with Crippen molar-refractivity contribution in [2.24, 2.45) is 5.73 Å². The number of nitrogens with two attached hydrogens (primary N) is 1. The minimum absolute atomic E-state index is 0.00420. The lowest BCUT2D eigenvalue weighted by Crippen LogP contribution is -2.23. The summed E-state index contributed by atoms with van der Waals surface area (Å²) in [6.07, 6.45) is 0. The number of nitrogens with one attached hydrogen (secondary N) is 1. The molecule has 0 bridgehead atoms. The zero-order valence-corrected chi connectivity index (χ0v) is 12.3. The Kier molecular flexibility index (Phi) is 5.04. The summed E-state index contributed by atoms with van der Waals surface area (Å²) in [5.41, 5.74) is 8.32. The lowest BCUT2D eigenvalue weighted by Gasteiger charge is -2.05. The van der Waals surface area contributed by atoms with E-state index >= 15 is 0 Å². The maximum atomic E-state index is 13.9. The Morgan fingerprint density at radius 3 is 2.95 bits per heavy atom. The van der Waals surface area contributed by atoms with E-state index in [9.17, 15) is 9.18 Å². The predicted molar refractivity (Wildman–Crippen MR) is 80.4 cm³/mol.